The summed E-state index contributed by atoms with van der Waals surface area (Å²) in [4.78, 5) is 75.2. The average Bonchev–Trinajstić information content (AvgIpc) is 3.36. The number of alkyl carbamates (subject to hydrolysis) is 1. The molecule has 0 saturated carbocycles. The van der Waals surface area contributed by atoms with Crippen LogP contribution in [0, 0.1) is 10.1 Å². The fourth-order valence-corrected chi connectivity index (χ4v) is 5.03. The lowest BCUT2D eigenvalue weighted by Gasteiger charge is -2.19. The molecule has 0 aromatic heterocycles. The smallest absolute Gasteiger partial charge is 0.412 e. The van der Waals surface area contributed by atoms with Gasteiger partial charge in [0.05, 0.1) is 41.8 Å². The Labute approximate surface area is 447 Å². The number of allylic oxidation sites excluding steroid dienone is 3. The highest BCUT2D eigenvalue weighted by Gasteiger charge is 2.23. The number of nitro benzene ring substituents is 1. The summed E-state index contributed by atoms with van der Waals surface area (Å²) >= 11 is 4.26. The predicted molar refractivity (Wildman–Crippen MR) is 306 cm³/mol. The highest BCUT2D eigenvalue weighted by molar-refractivity contribution is 7.80. The van der Waals surface area contributed by atoms with Crippen molar-refractivity contribution in [3.8, 4) is 11.5 Å². The number of nitrogens with two attached hydrogens (primary N) is 4. The van der Waals surface area contributed by atoms with Crippen LogP contribution >= 0.6 is 12.6 Å². The average molecular weight is 1070 g/mol. The fourth-order valence-electron chi connectivity index (χ4n) is 4.90. The number of carbonyl (C=O) groups is 5. The quantitative estimate of drug-likeness (QED) is 0.00840. The maximum Gasteiger partial charge on any atom is 0.412 e. The highest BCUT2D eigenvalue weighted by atomic mass is 32.1. The molecule has 0 aliphatic carbocycles. The number of hydrogen-bond donors (Lipinski definition) is 10. The lowest BCUT2D eigenvalue weighted by molar-refractivity contribution is -0.384. The second-order valence-electron chi connectivity index (χ2n) is 14.4. The van der Waals surface area contributed by atoms with Gasteiger partial charge >= 0.3 is 12.2 Å². The zero-order valence-corrected chi connectivity index (χ0v) is 45.4. The van der Waals surface area contributed by atoms with Crippen LogP contribution in [0.25, 0.3) is 0 Å². The zero-order valence-electron chi connectivity index (χ0n) is 44.5. The van der Waals surface area contributed by atoms with E-state index in [4.69, 9.17) is 30.5 Å². The van der Waals surface area contributed by atoms with Crippen molar-refractivity contribution in [2.75, 3.05) is 69.4 Å². The van der Waals surface area contributed by atoms with E-state index >= 15 is 0 Å². The Hall–Kier alpha value is -8.09. The van der Waals surface area contributed by atoms with E-state index in [0.717, 1.165) is 11.8 Å². The topological polar surface area (TPSA) is 367 Å². The molecule has 24 nitrogen and oxygen atoms in total. The molecule has 0 spiro atoms. The van der Waals surface area contributed by atoms with Crippen molar-refractivity contribution in [3.05, 3.63) is 93.9 Å². The van der Waals surface area contributed by atoms with E-state index in [2.05, 4.69) is 70.6 Å². The van der Waals surface area contributed by atoms with Crippen molar-refractivity contribution < 1.29 is 47.8 Å². The molecule has 0 unspecified atom stereocenters. The third-order valence-corrected chi connectivity index (χ3v) is 8.07. The largest absolute Gasteiger partial charge is 0.491 e. The Morgan fingerprint density at radius 3 is 2.00 bits per heavy atom. The van der Waals surface area contributed by atoms with E-state index in [1.54, 1.807) is 82.5 Å². The van der Waals surface area contributed by atoms with Crippen LogP contribution in [0.15, 0.2) is 87.7 Å². The lowest BCUT2D eigenvalue weighted by Crippen LogP contribution is -2.32. The Balaban J connectivity index is -0.00000162. The number of anilines is 2. The van der Waals surface area contributed by atoms with Crippen molar-refractivity contribution in [2.24, 2.45) is 38.0 Å². The Morgan fingerprint density at radius 2 is 1.49 bits per heavy atom. The number of carbonyl (C=O) groups excluding carboxylic acids is 5. The molecule has 0 aliphatic heterocycles. The van der Waals surface area contributed by atoms with E-state index in [1.807, 2.05) is 41.5 Å². The number of amides is 5. The van der Waals surface area contributed by atoms with Gasteiger partial charge < -0.3 is 63.3 Å². The van der Waals surface area contributed by atoms with Gasteiger partial charge in [-0.25, -0.2) is 9.59 Å². The second kappa shape index (κ2) is 45.7. The molecular formula is C50H83N13O11S. The molecule has 0 heterocycles. The van der Waals surface area contributed by atoms with Crippen LogP contribution < -0.4 is 59.1 Å². The summed E-state index contributed by atoms with van der Waals surface area (Å²) < 4.78 is 21.3. The maximum absolute atomic E-state index is 12.5. The summed E-state index contributed by atoms with van der Waals surface area (Å²) in [6, 6.07) is 5.67. The first-order chi connectivity index (χ1) is 35.3. The van der Waals surface area contributed by atoms with Crippen LogP contribution in [0.1, 0.15) is 104 Å². The van der Waals surface area contributed by atoms with Gasteiger partial charge in [0.2, 0.25) is 12.3 Å². The number of hydrazone groups is 1. The monoisotopic (exact) mass is 1070 g/mol. The number of aliphatic imine (C=N–C) groups is 2. The fraction of sp³-hybridized carbons (Fsp3) is 0.440. The van der Waals surface area contributed by atoms with Crippen LogP contribution in [0.5, 0.6) is 11.5 Å². The van der Waals surface area contributed by atoms with Gasteiger partial charge in [-0.05, 0) is 90.1 Å². The molecule has 2 aromatic carbocycles. The number of nitrogens with zero attached hydrogens (tertiary/aromatic N) is 4. The van der Waals surface area contributed by atoms with E-state index in [1.165, 1.54) is 25.5 Å². The first-order valence-electron chi connectivity index (χ1n) is 23.5. The number of nitro groups is 1. The number of benzene rings is 2. The van der Waals surface area contributed by atoms with E-state index < -0.39 is 34.5 Å². The molecule has 2 rings (SSSR count). The molecule has 0 fully saturated rings. The van der Waals surface area contributed by atoms with Gasteiger partial charge in [0.25, 0.3) is 11.6 Å². The van der Waals surface area contributed by atoms with Crippen molar-refractivity contribution in [2.45, 2.75) is 88.7 Å². The standard InChI is InChI=1S/C41H57N11O8S.C3H7NO2.2C2H6.CH3NO.CH4/c1-7-49-51-28(2)14-12-18-46-32-22-29(38(43)53)24-34(59-20-13-21-61)36(32)47-16-8-9-17-48-37-33(52(56)57)23-30(39(54)44-6)25-35(37)58-19-11-10-15-45-27-31(26-42)50-40(55)60-41(3,4)5;1-2-6-3(4)5;2*1-2;2-1-3;/h8-12,14,18,22-27,47-49,61H,7,13,15-17,19-21,42H2,1-6H3,(H2,43,53)(H,44,54)(H,50,55);2H2,1H3,(H2,4,5);2*1-2H3;1H,(H2,2,3);1H4/b9-8+,11-10+,14-12+,31-26+,45-27?,46-18?,51-28-;;;;;. The van der Waals surface area contributed by atoms with Gasteiger partial charge in [-0.2, -0.15) is 17.7 Å². The van der Waals surface area contributed by atoms with Crippen LogP contribution in [-0.4, -0.2) is 118 Å². The summed E-state index contributed by atoms with van der Waals surface area (Å²) in [5.74, 6) is -0.157. The number of rotatable bonds is 26. The molecule has 0 radical (unpaired) electrons. The predicted octanol–water partition coefficient (Wildman–Crippen LogP) is 7.30. The first-order valence-corrected chi connectivity index (χ1v) is 24.1. The molecule has 420 valence electrons. The molecule has 0 atom stereocenters. The number of ether oxygens (including phenoxy) is 4. The van der Waals surface area contributed by atoms with Gasteiger partial charge in [0, 0.05) is 62.5 Å². The molecule has 2 aromatic rings. The minimum absolute atomic E-state index is 0. The van der Waals surface area contributed by atoms with Gasteiger partial charge in [0.15, 0.2) is 11.4 Å². The Bertz CT molecular complexity index is 2230. The number of hydrogen-bond acceptors (Lipinski definition) is 19. The SMILES string of the molecule is C.CC.CC.CCN/N=C(C)\C=C\C=Nc1cc(C(N)=O)cc(OCCCS)c1NC/C=C/CNc1c(OC/C=C/CN=C/C(=C\N)NC(=O)OC(C)(C)C)cc(C(=O)NC)cc1[N+](=O)[O-].CCOC(N)=O.NC=O. The van der Waals surface area contributed by atoms with E-state index in [9.17, 15) is 29.3 Å². The van der Waals surface area contributed by atoms with E-state index in [0.29, 0.717) is 49.1 Å². The Kier molecular flexibility index (Phi) is 44.8. The molecule has 75 heavy (non-hydrogen) atoms. The van der Waals surface area contributed by atoms with Crippen LogP contribution in [-0.2, 0) is 14.3 Å². The molecule has 25 heteroatoms. The number of thiol groups is 1. The number of nitrogens with one attached hydrogen (secondary N) is 5. The Morgan fingerprint density at radius 1 is 0.893 bits per heavy atom. The van der Waals surface area contributed by atoms with Gasteiger partial charge in [0.1, 0.15) is 23.6 Å². The molecule has 0 saturated heterocycles. The first kappa shape index (κ1) is 73.4. The van der Waals surface area contributed by atoms with Crippen molar-refractivity contribution in [1.29, 1.82) is 0 Å². The maximum atomic E-state index is 12.5. The van der Waals surface area contributed by atoms with Crippen LogP contribution in [0.3, 0.4) is 0 Å². The summed E-state index contributed by atoms with van der Waals surface area (Å²) in [7, 11) is 1.41. The van der Waals surface area contributed by atoms with Crippen molar-refractivity contribution in [1.82, 2.24) is 16.1 Å². The van der Waals surface area contributed by atoms with Gasteiger partial charge in [-0.1, -0.05) is 53.3 Å². The molecule has 13 N–H and O–H groups in total. The lowest BCUT2D eigenvalue weighted by atomic mass is 10.1. The number of primary amides is 3. The molecule has 0 aliphatic rings. The summed E-state index contributed by atoms with van der Waals surface area (Å²) in [6.45, 7) is 20.6. The van der Waals surface area contributed by atoms with Crippen LogP contribution in [0.2, 0.25) is 0 Å². The molecule has 5 amide bonds. The third kappa shape index (κ3) is 35.6. The van der Waals surface area contributed by atoms with Gasteiger partial charge in [-0.15, -0.1) is 0 Å². The summed E-state index contributed by atoms with van der Waals surface area (Å²) in [5.41, 5.74) is 23.9. The zero-order chi connectivity index (χ0) is 56.9. The third-order valence-electron chi connectivity index (χ3n) is 7.76. The van der Waals surface area contributed by atoms with Crippen molar-refractivity contribution in [3.63, 3.8) is 0 Å². The van der Waals surface area contributed by atoms with Gasteiger partial charge in [-0.3, -0.25) is 39.8 Å². The molecule has 0 bridgehead atoms. The van der Waals surface area contributed by atoms with E-state index in [-0.39, 0.29) is 74.0 Å². The van der Waals surface area contributed by atoms with Crippen LogP contribution in [0.4, 0.5) is 32.3 Å². The minimum atomic E-state index is -0.711. The highest BCUT2D eigenvalue weighted by Crippen LogP contribution is 2.38. The van der Waals surface area contributed by atoms with Crippen molar-refractivity contribution >= 4 is 83.9 Å². The summed E-state index contributed by atoms with van der Waals surface area (Å²) in [6.07, 6.45) is 13.9. The second-order valence-corrected chi connectivity index (χ2v) is 14.9. The molecular weight excluding hydrogens is 991 g/mol. The normalized spacial score (nSPS) is 11.0. The minimum Gasteiger partial charge on any atom is -0.491 e. The summed E-state index contributed by atoms with van der Waals surface area (Å²) in [5, 5.41) is 27.7.